The molecule has 1 aromatic carbocycles. The van der Waals surface area contributed by atoms with Crippen LogP contribution in [-0.4, -0.2) is 9.97 Å². The van der Waals surface area contributed by atoms with E-state index in [1.807, 2.05) is 43.3 Å². The minimum absolute atomic E-state index is 0.204. The van der Waals surface area contributed by atoms with E-state index in [9.17, 15) is 0 Å². The zero-order valence-electron chi connectivity index (χ0n) is 8.61. The molecule has 2 aromatic rings. The quantitative estimate of drug-likeness (QED) is 0.802. The highest BCUT2D eigenvalue weighted by molar-refractivity contribution is 9.10. The lowest BCUT2D eigenvalue weighted by molar-refractivity contribution is 1.06. The summed E-state index contributed by atoms with van der Waals surface area (Å²) in [5.74, 6) is 0.204. The molecule has 0 aliphatic rings. The number of nitriles is 1. The molecule has 1 heterocycles. The van der Waals surface area contributed by atoms with Gasteiger partial charge in [-0.05, 0) is 25.1 Å². The summed E-state index contributed by atoms with van der Waals surface area (Å²) in [5, 5.41) is 8.80. The number of nitrogens with zero attached hydrogens (tertiary/aromatic N) is 3. The predicted octanol–water partition coefficient (Wildman–Crippen LogP) is 3.09. The van der Waals surface area contributed by atoms with Crippen LogP contribution in [-0.2, 0) is 0 Å². The van der Waals surface area contributed by atoms with Gasteiger partial charge in [-0.15, -0.1) is 0 Å². The van der Waals surface area contributed by atoms with Crippen LogP contribution in [0.3, 0.4) is 0 Å². The van der Waals surface area contributed by atoms with Crippen LogP contribution in [0.1, 0.15) is 11.5 Å². The number of aromatic nitrogens is 2. The first-order chi connectivity index (χ1) is 7.69. The van der Waals surface area contributed by atoms with Gasteiger partial charge in [0.15, 0.2) is 0 Å². The van der Waals surface area contributed by atoms with E-state index in [1.165, 1.54) is 0 Å². The molecule has 4 heteroatoms. The van der Waals surface area contributed by atoms with Gasteiger partial charge in [-0.2, -0.15) is 5.26 Å². The summed E-state index contributed by atoms with van der Waals surface area (Å²) in [5.41, 5.74) is 2.53. The van der Waals surface area contributed by atoms with Crippen molar-refractivity contribution < 1.29 is 0 Å². The van der Waals surface area contributed by atoms with E-state index >= 15 is 0 Å². The van der Waals surface area contributed by atoms with Crippen LogP contribution >= 0.6 is 15.9 Å². The Kier molecular flexibility index (Phi) is 2.97. The minimum Gasteiger partial charge on any atom is -0.224 e. The van der Waals surface area contributed by atoms with Crippen LogP contribution in [0, 0.1) is 18.3 Å². The average molecular weight is 274 g/mol. The first kappa shape index (κ1) is 10.8. The fourth-order valence-corrected chi connectivity index (χ4v) is 1.81. The van der Waals surface area contributed by atoms with Crippen LogP contribution in [0.2, 0.25) is 0 Å². The van der Waals surface area contributed by atoms with Crippen molar-refractivity contribution in [3.63, 3.8) is 0 Å². The molecule has 16 heavy (non-hydrogen) atoms. The zero-order chi connectivity index (χ0) is 11.5. The molecule has 0 fully saturated rings. The summed E-state index contributed by atoms with van der Waals surface area (Å²) in [6.07, 6.45) is 0. The highest BCUT2D eigenvalue weighted by Gasteiger charge is 2.04. The third kappa shape index (κ3) is 2.26. The number of hydrogen-bond donors (Lipinski definition) is 0. The fourth-order valence-electron chi connectivity index (χ4n) is 1.41. The van der Waals surface area contributed by atoms with Gasteiger partial charge in [0.2, 0.25) is 5.82 Å². The maximum absolute atomic E-state index is 8.80. The number of aryl methyl sites for hydroxylation is 1. The van der Waals surface area contributed by atoms with Gasteiger partial charge >= 0.3 is 0 Å². The fraction of sp³-hybridized carbons (Fsp3) is 0.0833. The van der Waals surface area contributed by atoms with E-state index in [1.54, 1.807) is 0 Å². The highest BCUT2D eigenvalue weighted by atomic mass is 79.9. The molecular weight excluding hydrogens is 266 g/mol. The van der Waals surface area contributed by atoms with E-state index in [0.717, 1.165) is 21.4 Å². The third-order valence-corrected chi connectivity index (χ3v) is 2.57. The molecule has 0 atom stereocenters. The van der Waals surface area contributed by atoms with Crippen molar-refractivity contribution in [2.45, 2.75) is 6.92 Å². The topological polar surface area (TPSA) is 49.6 Å². The lowest BCUT2D eigenvalue weighted by atomic mass is 10.1. The molecular formula is C12H8BrN3. The lowest BCUT2D eigenvalue weighted by Gasteiger charge is -2.02. The van der Waals surface area contributed by atoms with Gasteiger partial charge in [-0.25, -0.2) is 9.97 Å². The Balaban J connectivity index is 2.56. The van der Waals surface area contributed by atoms with Crippen molar-refractivity contribution in [2.24, 2.45) is 0 Å². The maximum atomic E-state index is 8.80. The first-order valence-electron chi connectivity index (χ1n) is 4.71. The molecule has 0 radical (unpaired) electrons. The zero-order valence-corrected chi connectivity index (χ0v) is 10.2. The third-order valence-electron chi connectivity index (χ3n) is 2.07. The number of hydrogen-bond acceptors (Lipinski definition) is 3. The molecule has 0 aliphatic heterocycles. The Hall–Kier alpha value is -1.73. The van der Waals surface area contributed by atoms with Crippen molar-refractivity contribution in [3.05, 3.63) is 46.3 Å². The Morgan fingerprint density at radius 1 is 1.25 bits per heavy atom. The van der Waals surface area contributed by atoms with Gasteiger partial charge in [0.05, 0.1) is 5.69 Å². The number of rotatable bonds is 1. The first-order valence-corrected chi connectivity index (χ1v) is 5.50. The van der Waals surface area contributed by atoms with Gasteiger partial charge in [0, 0.05) is 15.7 Å². The summed E-state index contributed by atoms with van der Waals surface area (Å²) in [6, 6.07) is 11.6. The maximum Gasteiger partial charge on any atom is 0.232 e. The minimum atomic E-state index is 0.204. The molecule has 3 nitrogen and oxygen atoms in total. The van der Waals surface area contributed by atoms with E-state index in [0.29, 0.717) is 0 Å². The SMILES string of the molecule is Cc1cc(-c2cccc(Br)c2)nc(C#N)n1. The molecule has 0 unspecified atom stereocenters. The second-order valence-electron chi connectivity index (χ2n) is 3.34. The molecule has 2 rings (SSSR count). The molecule has 0 saturated heterocycles. The Morgan fingerprint density at radius 2 is 2.06 bits per heavy atom. The largest absolute Gasteiger partial charge is 0.232 e. The standard InChI is InChI=1S/C12H8BrN3/c1-8-5-11(16-12(7-14)15-8)9-3-2-4-10(13)6-9/h2-6H,1H3. The van der Waals surface area contributed by atoms with Crippen LogP contribution in [0.5, 0.6) is 0 Å². The van der Waals surface area contributed by atoms with Crippen molar-refractivity contribution in [1.82, 2.24) is 9.97 Å². The van der Waals surface area contributed by atoms with Crippen molar-refractivity contribution in [3.8, 4) is 17.3 Å². The van der Waals surface area contributed by atoms with Crippen LogP contribution < -0.4 is 0 Å². The Bertz CT molecular complexity index is 573. The van der Waals surface area contributed by atoms with Crippen molar-refractivity contribution in [1.29, 1.82) is 5.26 Å². The predicted molar refractivity (Wildman–Crippen MR) is 64.6 cm³/mol. The smallest absolute Gasteiger partial charge is 0.224 e. The Morgan fingerprint density at radius 3 is 2.75 bits per heavy atom. The van der Waals surface area contributed by atoms with E-state index in [-0.39, 0.29) is 5.82 Å². The molecule has 0 aliphatic carbocycles. The van der Waals surface area contributed by atoms with Gasteiger partial charge in [-0.1, -0.05) is 28.1 Å². The van der Waals surface area contributed by atoms with Gasteiger partial charge in [0.1, 0.15) is 6.07 Å². The summed E-state index contributed by atoms with van der Waals surface area (Å²) < 4.78 is 0.986. The normalized spacial score (nSPS) is 9.81. The van der Waals surface area contributed by atoms with Crippen molar-refractivity contribution in [2.75, 3.05) is 0 Å². The molecule has 0 spiro atoms. The molecule has 78 valence electrons. The van der Waals surface area contributed by atoms with Crippen LogP contribution in [0.4, 0.5) is 0 Å². The highest BCUT2D eigenvalue weighted by Crippen LogP contribution is 2.21. The molecule has 0 saturated carbocycles. The van der Waals surface area contributed by atoms with E-state index in [4.69, 9.17) is 5.26 Å². The van der Waals surface area contributed by atoms with E-state index < -0.39 is 0 Å². The number of benzene rings is 1. The van der Waals surface area contributed by atoms with Gasteiger partial charge < -0.3 is 0 Å². The van der Waals surface area contributed by atoms with Gasteiger partial charge in [-0.3, -0.25) is 0 Å². The average Bonchev–Trinajstić information content (AvgIpc) is 2.28. The second kappa shape index (κ2) is 4.42. The van der Waals surface area contributed by atoms with Crippen LogP contribution in [0.25, 0.3) is 11.3 Å². The summed E-state index contributed by atoms with van der Waals surface area (Å²) in [4.78, 5) is 8.19. The van der Waals surface area contributed by atoms with Gasteiger partial charge in [0.25, 0.3) is 0 Å². The monoisotopic (exact) mass is 273 g/mol. The Labute approximate surface area is 102 Å². The lowest BCUT2D eigenvalue weighted by Crippen LogP contribution is -1.94. The number of halogens is 1. The molecule has 0 bridgehead atoms. The van der Waals surface area contributed by atoms with E-state index in [2.05, 4.69) is 25.9 Å². The summed E-state index contributed by atoms with van der Waals surface area (Å²) >= 11 is 3.41. The summed E-state index contributed by atoms with van der Waals surface area (Å²) in [7, 11) is 0. The second-order valence-corrected chi connectivity index (χ2v) is 4.26. The summed E-state index contributed by atoms with van der Waals surface area (Å²) in [6.45, 7) is 1.85. The van der Waals surface area contributed by atoms with Crippen molar-refractivity contribution >= 4 is 15.9 Å². The molecule has 1 aromatic heterocycles. The molecule has 0 amide bonds. The van der Waals surface area contributed by atoms with Crippen LogP contribution in [0.15, 0.2) is 34.8 Å². The molecule has 0 N–H and O–H groups in total.